The van der Waals surface area contributed by atoms with Crippen LogP contribution in [0.1, 0.15) is 27.7 Å². The summed E-state index contributed by atoms with van der Waals surface area (Å²) in [7, 11) is 0. The second-order valence-corrected chi connectivity index (χ2v) is 19.7. The van der Waals surface area contributed by atoms with Gasteiger partial charge in [0.15, 0.2) is 37.7 Å². The van der Waals surface area contributed by atoms with Crippen LogP contribution in [0.25, 0.3) is 0 Å². The fourth-order valence-corrected chi connectivity index (χ4v) is 10.0. The van der Waals surface area contributed by atoms with Crippen molar-refractivity contribution in [3.8, 4) is 0 Å². The predicted molar refractivity (Wildman–Crippen MR) is 246 cm³/mol. The maximum absolute atomic E-state index is 12.6. The van der Waals surface area contributed by atoms with Gasteiger partial charge in [-0.15, -0.1) is 0 Å². The monoisotopic (exact) mass is 1150 g/mol. The Morgan fingerprint density at radius 2 is 0.646 bits per heavy atom. The van der Waals surface area contributed by atoms with Crippen LogP contribution in [-0.2, 0) is 71.3 Å². The van der Waals surface area contributed by atoms with Crippen molar-refractivity contribution in [1.82, 2.24) is 21.3 Å². The maximum atomic E-state index is 12.6. The Bertz CT molecular complexity index is 1990. The molecule has 1 unspecified atom stereocenters. The van der Waals surface area contributed by atoms with E-state index in [1.165, 1.54) is 0 Å². The van der Waals surface area contributed by atoms with Crippen LogP contribution in [0, 0.1) is 0 Å². The number of hydrogen-bond acceptors (Lipinski definition) is 31. The van der Waals surface area contributed by atoms with E-state index in [4.69, 9.17) is 52.1 Å². The Labute approximate surface area is 448 Å². The average molecular weight is 1160 g/mol. The Morgan fingerprint density at radius 1 is 0.329 bits per heavy atom. The van der Waals surface area contributed by atoms with E-state index >= 15 is 0 Å². The first-order chi connectivity index (χ1) is 37.3. The van der Waals surface area contributed by atoms with Crippen LogP contribution in [0.3, 0.4) is 0 Å². The molecular formula is C44H74N4O31. The van der Waals surface area contributed by atoms with E-state index in [1.54, 1.807) is 0 Å². The van der Waals surface area contributed by atoms with Crippen LogP contribution >= 0.6 is 0 Å². The molecule has 0 bridgehead atoms. The molecule has 79 heavy (non-hydrogen) atoms. The normalized spacial score (nSPS) is 46.7. The first kappa shape index (κ1) is 65.0. The third kappa shape index (κ3) is 14.8. The quantitative estimate of drug-likeness (QED) is 0.0538. The Morgan fingerprint density at radius 3 is 1.03 bits per heavy atom. The fraction of sp³-hybridized carbons (Fsp3) is 0.909. The summed E-state index contributed by atoms with van der Waals surface area (Å²) in [5, 5.41) is 182. The average Bonchev–Trinajstić information content (AvgIpc) is 3.44. The van der Waals surface area contributed by atoms with Crippen molar-refractivity contribution in [2.24, 2.45) is 0 Å². The van der Waals surface area contributed by atoms with Crippen LogP contribution in [0.15, 0.2) is 0 Å². The minimum Gasteiger partial charge on any atom is -0.394 e. The van der Waals surface area contributed by atoms with Crippen molar-refractivity contribution in [2.75, 3.05) is 39.6 Å². The van der Waals surface area contributed by atoms with E-state index in [0.29, 0.717) is 0 Å². The second kappa shape index (κ2) is 28.4. The zero-order valence-electron chi connectivity index (χ0n) is 42.8. The standard InChI is InChI=1S/C44H74N4O31/c1-11(54)45-21-28(61)25(58)15(5-49)71-41(21)76-36-18(8-52)74-43(33(66)31(36)64)78-35-17(7-51)73-40(23(30(35)63)47-13(3)56)69-10-20-27(60)38(24(39(68)70-20)48-14(4)57)79-44-34(67)32(65)37(19(9-53)75-44)77-42-22(46-12(2)55)29(62)26(59)16(6-50)72-42/h15-44,49-53,58-68H,5-10H2,1-4H3,(H,45,54)(H,46,55)(H,47,56)(H,48,57)/t15-,16-,17-,18-,19-,20-,21-,22-,23-,24-,25-,26-,27-,28-,29-,30-,31-,32-,33-,34-,35-,36+,37+,38-,39?,40-,41-,42-,43+,44+/m1/s1. The number of ether oxygens (including phenoxy) is 11. The van der Waals surface area contributed by atoms with Crippen LogP contribution in [0.4, 0.5) is 0 Å². The summed E-state index contributed by atoms with van der Waals surface area (Å²) < 4.78 is 63.3. The number of rotatable bonds is 20. The molecule has 6 saturated heterocycles. The van der Waals surface area contributed by atoms with Crippen molar-refractivity contribution in [3.63, 3.8) is 0 Å². The number of amides is 4. The molecule has 30 atom stereocenters. The van der Waals surface area contributed by atoms with Crippen molar-refractivity contribution in [3.05, 3.63) is 0 Å². The lowest BCUT2D eigenvalue weighted by Gasteiger charge is -2.49. The van der Waals surface area contributed by atoms with E-state index in [9.17, 15) is 101 Å². The summed E-state index contributed by atoms with van der Waals surface area (Å²) in [6.45, 7) is -1.30. The highest BCUT2D eigenvalue weighted by Crippen LogP contribution is 2.36. The molecule has 6 heterocycles. The Balaban J connectivity index is 1.15. The van der Waals surface area contributed by atoms with Crippen molar-refractivity contribution in [2.45, 2.75) is 212 Å². The molecule has 6 aliphatic heterocycles. The zero-order chi connectivity index (χ0) is 58.5. The number of aliphatic hydroxyl groups excluding tert-OH is 16. The number of carbonyl (C=O) groups excluding carboxylic acids is 4. The SMILES string of the molecule is CC(=O)N[C@H]1[C@H](OC[C@H]2OC(O)[C@H](NC(C)=O)[C@@H](O[C@@H]3O[C@H](CO)[C@H](O[C@H]4O[C@H](CO)[C@@H](O)[C@H](O)[C@H]4NC(C)=O)[C@H](O)[C@H]3O)[C@@H]2O)O[C@H](CO)[C@@H](O[C@@H]2O[C@H](CO)[C@H](O[C@H]3O[C@H](CO)[C@@H](O)[C@H](O)[C@H]3NC(C)=O)[C@H](O)[C@H]2O)[C@@H]1O. The fourth-order valence-electron chi connectivity index (χ4n) is 10.0. The molecule has 4 amide bonds. The zero-order valence-corrected chi connectivity index (χ0v) is 42.8. The smallest absolute Gasteiger partial charge is 0.217 e. The molecule has 20 N–H and O–H groups in total. The molecule has 0 aromatic heterocycles. The Hall–Kier alpha value is -3.20. The van der Waals surface area contributed by atoms with Gasteiger partial charge in [0, 0.05) is 27.7 Å². The lowest BCUT2D eigenvalue weighted by molar-refractivity contribution is -0.372. The third-order valence-corrected chi connectivity index (χ3v) is 14.0. The summed E-state index contributed by atoms with van der Waals surface area (Å²) in [6.07, 6.45) is -47.6. The van der Waals surface area contributed by atoms with E-state index in [0.717, 1.165) is 27.7 Å². The summed E-state index contributed by atoms with van der Waals surface area (Å²) in [5.41, 5.74) is 0. The molecule has 0 spiro atoms. The molecule has 0 aromatic rings. The molecule has 0 radical (unpaired) electrons. The predicted octanol–water partition coefficient (Wildman–Crippen LogP) is -13.5. The third-order valence-electron chi connectivity index (χ3n) is 14.0. The van der Waals surface area contributed by atoms with Gasteiger partial charge in [0.25, 0.3) is 0 Å². The van der Waals surface area contributed by atoms with Crippen LogP contribution in [0.5, 0.6) is 0 Å². The summed E-state index contributed by atoms with van der Waals surface area (Å²) in [4.78, 5) is 48.9. The lowest BCUT2D eigenvalue weighted by Crippen LogP contribution is -2.70. The largest absolute Gasteiger partial charge is 0.394 e. The van der Waals surface area contributed by atoms with Crippen LogP contribution in [-0.4, -0.2) is 329 Å². The highest BCUT2D eigenvalue weighted by molar-refractivity contribution is 5.74. The molecule has 0 aromatic carbocycles. The molecule has 6 fully saturated rings. The molecular weight excluding hydrogens is 1080 g/mol. The van der Waals surface area contributed by atoms with Gasteiger partial charge in [0.1, 0.15) is 146 Å². The van der Waals surface area contributed by atoms with E-state index in [2.05, 4.69) is 21.3 Å². The van der Waals surface area contributed by atoms with Crippen LogP contribution < -0.4 is 21.3 Å². The number of carbonyl (C=O) groups is 4. The molecule has 6 rings (SSSR count). The minimum absolute atomic E-state index is 0.718. The maximum Gasteiger partial charge on any atom is 0.217 e. The second-order valence-electron chi connectivity index (χ2n) is 19.7. The topological polar surface area (TPSA) is 542 Å². The van der Waals surface area contributed by atoms with Gasteiger partial charge in [0.05, 0.1) is 39.6 Å². The van der Waals surface area contributed by atoms with E-state index in [1.807, 2.05) is 0 Å². The van der Waals surface area contributed by atoms with Gasteiger partial charge in [-0.05, 0) is 0 Å². The number of hydrogen-bond donors (Lipinski definition) is 20. The van der Waals surface area contributed by atoms with Crippen LogP contribution in [0.2, 0.25) is 0 Å². The van der Waals surface area contributed by atoms with Crippen molar-refractivity contribution in [1.29, 1.82) is 0 Å². The molecule has 0 saturated carbocycles. The number of nitrogens with one attached hydrogen (secondary N) is 4. The Kier molecular flexibility index (Phi) is 23.3. The number of aliphatic hydroxyl groups is 16. The first-order valence-electron chi connectivity index (χ1n) is 25.1. The lowest BCUT2D eigenvalue weighted by atomic mass is 9.94. The summed E-state index contributed by atoms with van der Waals surface area (Å²) in [6, 6.07) is -6.41. The molecule has 456 valence electrons. The van der Waals surface area contributed by atoms with Gasteiger partial charge in [-0.3, -0.25) is 19.2 Å². The minimum atomic E-state index is -2.17. The van der Waals surface area contributed by atoms with Gasteiger partial charge >= 0.3 is 0 Å². The van der Waals surface area contributed by atoms with E-state index < -0.39 is 247 Å². The van der Waals surface area contributed by atoms with Gasteiger partial charge in [-0.25, -0.2) is 0 Å². The molecule has 0 aliphatic carbocycles. The highest BCUT2D eigenvalue weighted by Gasteiger charge is 2.57. The van der Waals surface area contributed by atoms with Gasteiger partial charge in [-0.1, -0.05) is 0 Å². The van der Waals surface area contributed by atoms with Crippen molar-refractivity contribution >= 4 is 23.6 Å². The summed E-state index contributed by atoms with van der Waals surface area (Å²) in [5.74, 6) is -3.05. The molecule has 35 nitrogen and oxygen atoms in total. The van der Waals surface area contributed by atoms with Gasteiger partial charge < -0.3 is 155 Å². The van der Waals surface area contributed by atoms with Crippen molar-refractivity contribution < 1.29 is 153 Å². The highest BCUT2D eigenvalue weighted by atomic mass is 16.8. The van der Waals surface area contributed by atoms with E-state index in [-0.39, 0.29) is 0 Å². The van der Waals surface area contributed by atoms with Gasteiger partial charge in [0.2, 0.25) is 23.6 Å². The summed E-state index contributed by atoms with van der Waals surface area (Å²) >= 11 is 0. The van der Waals surface area contributed by atoms with Gasteiger partial charge in [-0.2, -0.15) is 0 Å². The molecule has 6 aliphatic rings. The molecule has 35 heteroatoms. The first-order valence-corrected chi connectivity index (χ1v) is 25.1.